The fourth-order valence-corrected chi connectivity index (χ4v) is 5.54. The molecule has 1 heteroatoms. The predicted octanol–water partition coefficient (Wildman–Crippen LogP) is 7.79. The second-order valence-corrected chi connectivity index (χ2v) is 9.31. The summed E-state index contributed by atoms with van der Waals surface area (Å²) in [6.45, 7) is 4.55. The molecule has 2 saturated carbocycles. The molecule has 0 bridgehead atoms. The molecule has 0 saturated heterocycles. The molecule has 0 radical (unpaired) electrons. The predicted molar refractivity (Wildman–Crippen MR) is 115 cm³/mol. The van der Waals surface area contributed by atoms with Crippen LogP contribution in [0.4, 0.5) is 0 Å². The standard InChI is InChI=1S/C26H40O/c1-3-5-6-8-24-17-18-25(19-26(24)27)23-15-13-22(14-16-23)21-11-9-20(7-4-2)10-12-21/h13-16,20-21,24-25H,3-12,17-19H2,1-2H3/t20-,21-,24-,25+/m1/s1. The summed E-state index contributed by atoms with van der Waals surface area (Å²) in [5, 5.41) is 0. The molecule has 1 nitrogen and oxygen atoms in total. The van der Waals surface area contributed by atoms with Crippen LogP contribution in [0.5, 0.6) is 0 Å². The summed E-state index contributed by atoms with van der Waals surface area (Å²) < 4.78 is 0. The molecule has 2 atom stereocenters. The summed E-state index contributed by atoms with van der Waals surface area (Å²) >= 11 is 0. The van der Waals surface area contributed by atoms with Gasteiger partial charge in [-0.25, -0.2) is 0 Å². The zero-order valence-corrected chi connectivity index (χ0v) is 17.7. The third-order valence-electron chi connectivity index (χ3n) is 7.35. The molecule has 0 aliphatic heterocycles. The van der Waals surface area contributed by atoms with Crippen LogP contribution in [0, 0.1) is 11.8 Å². The summed E-state index contributed by atoms with van der Waals surface area (Å²) in [4.78, 5) is 12.6. The van der Waals surface area contributed by atoms with Gasteiger partial charge in [-0.1, -0.05) is 70.2 Å². The van der Waals surface area contributed by atoms with Gasteiger partial charge in [0.1, 0.15) is 5.78 Å². The molecular weight excluding hydrogens is 328 g/mol. The molecule has 2 aliphatic carbocycles. The zero-order valence-electron chi connectivity index (χ0n) is 17.7. The Kier molecular flexibility index (Phi) is 7.97. The third kappa shape index (κ3) is 5.69. The van der Waals surface area contributed by atoms with Gasteiger partial charge >= 0.3 is 0 Å². The lowest BCUT2D eigenvalue weighted by Crippen LogP contribution is -2.24. The van der Waals surface area contributed by atoms with E-state index in [9.17, 15) is 4.79 Å². The first-order chi connectivity index (χ1) is 13.2. The van der Waals surface area contributed by atoms with E-state index < -0.39 is 0 Å². The van der Waals surface area contributed by atoms with Crippen LogP contribution < -0.4 is 0 Å². The van der Waals surface area contributed by atoms with Crippen LogP contribution in [-0.4, -0.2) is 5.78 Å². The number of hydrogen-bond donors (Lipinski definition) is 0. The Morgan fingerprint density at radius 1 is 0.741 bits per heavy atom. The van der Waals surface area contributed by atoms with Gasteiger partial charge in [0.05, 0.1) is 0 Å². The molecule has 150 valence electrons. The molecule has 2 fully saturated rings. The number of rotatable bonds is 8. The molecule has 27 heavy (non-hydrogen) atoms. The average Bonchev–Trinajstić information content (AvgIpc) is 2.70. The van der Waals surface area contributed by atoms with Gasteiger partial charge in [0.25, 0.3) is 0 Å². The van der Waals surface area contributed by atoms with E-state index in [4.69, 9.17) is 0 Å². The van der Waals surface area contributed by atoms with Gasteiger partial charge in [0, 0.05) is 12.3 Å². The highest BCUT2D eigenvalue weighted by Crippen LogP contribution is 2.39. The van der Waals surface area contributed by atoms with Crippen molar-refractivity contribution in [2.45, 2.75) is 109 Å². The van der Waals surface area contributed by atoms with E-state index in [1.165, 1.54) is 75.3 Å². The fraction of sp³-hybridized carbons (Fsp3) is 0.731. The monoisotopic (exact) mass is 368 g/mol. The van der Waals surface area contributed by atoms with Crippen LogP contribution in [0.2, 0.25) is 0 Å². The van der Waals surface area contributed by atoms with Crippen LogP contribution >= 0.6 is 0 Å². The van der Waals surface area contributed by atoms with E-state index in [0.29, 0.717) is 17.6 Å². The van der Waals surface area contributed by atoms with Crippen molar-refractivity contribution in [2.24, 2.45) is 11.8 Å². The van der Waals surface area contributed by atoms with Crippen molar-refractivity contribution in [1.29, 1.82) is 0 Å². The lowest BCUT2D eigenvalue weighted by molar-refractivity contribution is -0.125. The van der Waals surface area contributed by atoms with Crippen molar-refractivity contribution < 1.29 is 4.79 Å². The molecule has 1 aromatic carbocycles. The first-order valence-corrected chi connectivity index (χ1v) is 11.8. The molecule has 2 aliphatic rings. The van der Waals surface area contributed by atoms with Crippen LogP contribution in [0.3, 0.4) is 0 Å². The summed E-state index contributed by atoms with van der Waals surface area (Å²) in [6.07, 6.45) is 16.3. The lowest BCUT2D eigenvalue weighted by atomic mass is 9.75. The van der Waals surface area contributed by atoms with E-state index >= 15 is 0 Å². The SMILES string of the molecule is CCCCC[C@@H]1CC[C@H](c2ccc([C@H]3CC[C@H](CCC)CC3)cc2)CC1=O. The minimum atomic E-state index is 0.352. The number of benzene rings is 1. The van der Waals surface area contributed by atoms with E-state index in [1.54, 1.807) is 0 Å². The van der Waals surface area contributed by atoms with Crippen LogP contribution in [0.15, 0.2) is 24.3 Å². The summed E-state index contributed by atoms with van der Waals surface area (Å²) in [7, 11) is 0. The summed E-state index contributed by atoms with van der Waals surface area (Å²) in [5.74, 6) is 3.09. The summed E-state index contributed by atoms with van der Waals surface area (Å²) in [5.41, 5.74) is 2.94. The van der Waals surface area contributed by atoms with Gasteiger partial charge in [0.2, 0.25) is 0 Å². The molecular formula is C26H40O. The van der Waals surface area contributed by atoms with Gasteiger partial charge in [0.15, 0.2) is 0 Å². The normalized spacial score (nSPS) is 29.0. The Labute approximate surface area is 167 Å². The smallest absolute Gasteiger partial charge is 0.136 e. The highest BCUT2D eigenvalue weighted by molar-refractivity contribution is 5.82. The highest BCUT2D eigenvalue weighted by Gasteiger charge is 2.29. The highest BCUT2D eigenvalue weighted by atomic mass is 16.1. The van der Waals surface area contributed by atoms with Crippen molar-refractivity contribution in [1.82, 2.24) is 0 Å². The topological polar surface area (TPSA) is 17.1 Å². The van der Waals surface area contributed by atoms with Crippen molar-refractivity contribution in [3.63, 3.8) is 0 Å². The maximum Gasteiger partial charge on any atom is 0.136 e. The second kappa shape index (κ2) is 10.4. The van der Waals surface area contributed by atoms with E-state index in [0.717, 1.165) is 31.1 Å². The zero-order chi connectivity index (χ0) is 19.1. The number of carbonyl (C=O) groups excluding carboxylic acids is 1. The molecule has 3 rings (SSSR count). The van der Waals surface area contributed by atoms with Crippen molar-refractivity contribution in [3.8, 4) is 0 Å². The van der Waals surface area contributed by atoms with E-state index in [-0.39, 0.29) is 0 Å². The van der Waals surface area contributed by atoms with Gasteiger partial charge < -0.3 is 0 Å². The van der Waals surface area contributed by atoms with Crippen molar-refractivity contribution in [3.05, 3.63) is 35.4 Å². The second-order valence-electron chi connectivity index (χ2n) is 9.31. The number of Topliss-reactive ketones (excluding diaryl/α,β-unsaturated/α-hetero) is 1. The summed E-state index contributed by atoms with van der Waals surface area (Å²) in [6, 6.07) is 9.42. The average molecular weight is 369 g/mol. The van der Waals surface area contributed by atoms with E-state index in [1.807, 2.05) is 0 Å². The Hall–Kier alpha value is -1.11. The Morgan fingerprint density at radius 3 is 1.96 bits per heavy atom. The van der Waals surface area contributed by atoms with Gasteiger partial charge in [-0.05, 0) is 73.8 Å². The van der Waals surface area contributed by atoms with Gasteiger partial charge in [-0.3, -0.25) is 4.79 Å². The molecule has 0 N–H and O–H groups in total. The van der Waals surface area contributed by atoms with Crippen LogP contribution in [0.1, 0.15) is 120 Å². The molecule has 0 heterocycles. The minimum Gasteiger partial charge on any atom is -0.299 e. The van der Waals surface area contributed by atoms with Crippen LogP contribution in [-0.2, 0) is 4.79 Å². The number of carbonyl (C=O) groups is 1. The molecule has 0 spiro atoms. The van der Waals surface area contributed by atoms with Crippen molar-refractivity contribution >= 4 is 5.78 Å². The first-order valence-electron chi connectivity index (χ1n) is 11.8. The van der Waals surface area contributed by atoms with Crippen LogP contribution in [0.25, 0.3) is 0 Å². The molecule has 0 unspecified atom stereocenters. The quantitative estimate of drug-likeness (QED) is 0.428. The molecule has 0 aromatic heterocycles. The first kappa shape index (κ1) is 20.6. The number of unbranched alkanes of at least 4 members (excludes halogenated alkanes) is 2. The number of hydrogen-bond acceptors (Lipinski definition) is 1. The minimum absolute atomic E-state index is 0.352. The van der Waals surface area contributed by atoms with E-state index in [2.05, 4.69) is 38.1 Å². The van der Waals surface area contributed by atoms with Crippen molar-refractivity contribution in [2.75, 3.05) is 0 Å². The Balaban J connectivity index is 1.50. The maximum absolute atomic E-state index is 12.6. The molecule has 1 aromatic rings. The lowest BCUT2D eigenvalue weighted by Gasteiger charge is -2.30. The largest absolute Gasteiger partial charge is 0.299 e. The Bertz CT molecular complexity index is 564. The molecule has 0 amide bonds. The Morgan fingerprint density at radius 2 is 1.37 bits per heavy atom. The third-order valence-corrected chi connectivity index (χ3v) is 7.35. The van der Waals surface area contributed by atoms with Gasteiger partial charge in [-0.15, -0.1) is 0 Å². The van der Waals surface area contributed by atoms with Gasteiger partial charge in [-0.2, -0.15) is 0 Å². The number of ketones is 1. The maximum atomic E-state index is 12.6. The fourth-order valence-electron chi connectivity index (χ4n) is 5.54.